The van der Waals surface area contributed by atoms with Crippen molar-refractivity contribution in [2.24, 2.45) is 0 Å². The molecule has 1 atom stereocenters. The summed E-state index contributed by atoms with van der Waals surface area (Å²) in [6, 6.07) is 16.2. The molecule has 0 bridgehead atoms. The fourth-order valence-corrected chi connectivity index (χ4v) is 3.47. The summed E-state index contributed by atoms with van der Waals surface area (Å²) in [5.74, 6) is -0.179. The molecule has 1 unspecified atom stereocenters. The van der Waals surface area contributed by atoms with E-state index in [0.29, 0.717) is 12.2 Å². The quantitative estimate of drug-likeness (QED) is 0.777. The number of pyridine rings is 1. The molecule has 1 aliphatic rings. The van der Waals surface area contributed by atoms with E-state index in [1.807, 2.05) is 36.4 Å². The van der Waals surface area contributed by atoms with Gasteiger partial charge in [0.25, 0.3) is 5.91 Å². The molecular weight excluding hydrogens is 314 g/mol. The van der Waals surface area contributed by atoms with Crippen molar-refractivity contribution < 1.29 is 4.79 Å². The van der Waals surface area contributed by atoms with Crippen molar-refractivity contribution in [3.05, 3.63) is 66.0 Å². The number of nitrogens with zero attached hydrogens (tertiary/aromatic N) is 4. The van der Waals surface area contributed by atoms with E-state index >= 15 is 0 Å². The van der Waals surface area contributed by atoms with Crippen molar-refractivity contribution in [2.45, 2.75) is 18.9 Å². The topological polar surface area (TPSA) is 62.5 Å². The lowest BCUT2D eigenvalue weighted by Crippen LogP contribution is -2.37. The number of likely N-dealkylation sites (tertiary alicyclic amines) is 1. The molecule has 6 nitrogen and oxygen atoms in total. The maximum absolute atomic E-state index is 12.6. The van der Waals surface area contributed by atoms with Gasteiger partial charge in [-0.25, -0.2) is 4.52 Å². The number of hydrogen-bond acceptors (Lipinski definition) is 4. The summed E-state index contributed by atoms with van der Waals surface area (Å²) in [7, 11) is 0. The number of fused-ring (bicyclic) bond motifs is 1. The van der Waals surface area contributed by atoms with Gasteiger partial charge in [-0.15, -0.1) is 5.10 Å². The van der Waals surface area contributed by atoms with E-state index in [1.54, 1.807) is 10.7 Å². The molecule has 128 valence electrons. The van der Waals surface area contributed by atoms with Crippen LogP contribution in [0.4, 0.5) is 0 Å². The minimum Gasteiger partial charge on any atom is -0.349 e. The summed E-state index contributed by atoms with van der Waals surface area (Å²) in [5, 5.41) is 11.1. The van der Waals surface area contributed by atoms with Gasteiger partial charge >= 0.3 is 0 Å². The Morgan fingerprint density at radius 3 is 2.64 bits per heavy atom. The first-order chi connectivity index (χ1) is 12.3. The van der Waals surface area contributed by atoms with Gasteiger partial charge in [0, 0.05) is 12.7 Å². The summed E-state index contributed by atoms with van der Waals surface area (Å²) < 4.78 is 1.62. The van der Waals surface area contributed by atoms with E-state index in [4.69, 9.17) is 0 Å². The Labute approximate surface area is 146 Å². The van der Waals surface area contributed by atoms with Crippen LogP contribution in [0.1, 0.15) is 34.9 Å². The summed E-state index contributed by atoms with van der Waals surface area (Å²) in [4.78, 5) is 15.1. The molecule has 0 spiro atoms. The standard InChI is InChI=1S/C19H21N5O/c25-19(18-16-10-4-5-13-24(16)22-21-18)20-14-17(23-11-6-7-12-23)15-8-2-1-3-9-15/h1-5,8-10,13,17H,6-7,11-12,14H2,(H,20,25). The zero-order valence-corrected chi connectivity index (χ0v) is 14.0. The average molecular weight is 335 g/mol. The van der Waals surface area contributed by atoms with Gasteiger partial charge in [0.05, 0.1) is 11.6 Å². The smallest absolute Gasteiger partial charge is 0.274 e. The highest BCUT2D eigenvalue weighted by Crippen LogP contribution is 2.24. The first-order valence-corrected chi connectivity index (χ1v) is 8.70. The molecule has 0 radical (unpaired) electrons. The molecule has 4 rings (SSSR count). The van der Waals surface area contributed by atoms with E-state index in [2.05, 4.69) is 32.7 Å². The van der Waals surface area contributed by atoms with E-state index in [-0.39, 0.29) is 11.9 Å². The number of hydrogen-bond donors (Lipinski definition) is 1. The predicted molar refractivity (Wildman–Crippen MR) is 95.3 cm³/mol. The van der Waals surface area contributed by atoms with Gasteiger partial charge in [0.15, 0.2) is 5.69 Å². The molecule has 3 aromatic rings. The van der Waals surface area contributed by atoms with Gasteiger partial charge in [-0.3, -0.25) is 9.69 Å². The SMILES string of the molecule is O=C(NCC(c1ccccc1)N1CCCC1)c1nnn2ccccc12. The fourth-order valence-electron chi connectivity index (χ4n) is 3.47. The highest BCUT2D eigenvalue weighted by molar-refractivity contribution is 5.98. The molecule has 1 fully saturated rings. The number of benzene rings is 1. The zero-order chi connectivity index (χ0) is 17.1. The summed E-state index contributed by atoms with van der Waals surface area (Å²) in [5.41, 5.74) is 2.32. The summed E-state index contributed by atoms with van der Waals surface area (Å²) in [6.45, 7) is 2.71. The van der Waals surface area contributed by atoms with E-state index in [9.17, 15) is 4.79 Å². The van der Waals surface area contributed by atoms with Crippen LogP contribution in [0, 0.1) is 0 Å². The van der Waals surface area contributed by atoms with E-state index < -0.39 is 0 Å². The second-order valence-electron chi connectivity index (χ2n) is 6.35. The molecule has 1 N–H and O–H groups in total. The van der Waals surface area contributed by atoms with E-state index in [1.165, 1.54) is 18.4 Å². The van der Waals surface area contributed by atoms with Crippen molar-refractivity contribution in [3.8, 4) is 0 Å². The van der Waals surface area contributed by atoms with Crippen LogP contribution in [0.25, 0.3) is 5.52 Å². The second kappa shape index (κ2) is 7.03. The van der Waals surface area contributed by atoms with Gasteiger partial charge in [-0.05, 0) is 43.6 Å². The molecular formula is C19H21N5O. The van der Waals surface area contributed by atoms with Crippen LogP contribution in [-0.2, 0) is 0 Å². The van der Waals surface area contributed by atoms with Crippen LogP contribution in [0.3, 0.4) is 0 Å². The molecule has 6 heteroatoms. The normalized spacial score (nSPS) is 16.2. The van der Waals surface area contributed by atoms with E-state index in [0.717, 1.165) is 18.6 Å². The largest absolute Gasteiger partial charge is 0.349 e. The Bertz CT molecular complexity index is 854. The lowest BCUT2D eigenvalue weighted by molar-refractivity contribution is 0.0934. The van der Waals surface area contributed by atoms with Crippen molar-refractivity contribution in [1.29, 1.82) is 0 Å². The average Bonchev–Trinajstić information content (AvgIpc) is 3.32. The van der Waals surface area contributed by atoms with Crippen molar-refractivity contribution >= 4 is 11.4 Å². The van der Waals surface area contributed by atoms with Crippen molar-refractivity contribution in [2.75, 3.05) is 19.6 Å². The first-order valence-electron chi connectivity index (χ1n) is 8.70. The molecule has 2 aromatic heterocycles. The Morgan fingerprint density at radius 1 is 1.08 bits per heavy atom. The summed E-state index contributed by atoms with van der Waals surface area (Å²) >= 11 is 0. The lowest BCUT2D eigenvalue weighted by atomic mass is 10.1. The molecule has 1 aromatic carbocycles. The third kappa shape index (κ3) is 3.25. The Balaban J connectivity index is 1.51. The minimum atomic E-state index is -0.179. The maximum atomic E-state index is 12.6. The van der Waals surface area contributed by atoms with Crippen LogP contribution < -0.4 is 5.32 Å². The molecule has 1 aliphatic heterocycles. The number of rotatable bonds is 5. The fraction of sp³-hybridized carbons (Fsp3) is 0.316. The molecule has 0 aliphatic carbocycles. The van der Waals surface area contributed by atoms with Gasteiger partial charge in [-0.1, -0.05) is 41.6 Å². The van der Waals surface area contributed by atoms with Crippen LogP contribution >= 0.6 is 0 Å². The van der Waals surface area contributed by atoms with Gasteiger partial charge in [-0.2, -0.15) is 0 Å². The van der Waals surface area contributed by atoms with Crippen LogP contribution in [0.15, 0.2) is 54.7 Å². The maximum Gasteiger partial charge on any atom is 0.274 e. The highest BCUT2D eigenvalue weighted by Gasteiger charge is 2.24. The monoisotopic (exact) mass is 335 g/mol. The Kier molecular flexibility index (Phi) is 4.43. The number of aromatic nitrogens is 3. The molecule has 25 heavy (non-hydrogen) atoms. The van der Waals surface area contributed by atoms with Gasteiger partial charge < -0.3 is 5.32 Å². The number of nitrogens with one attached hydrogen (secondary N) is 1. The number of amides is 1. The third-order valence-electron chi connectivity index (χ3n) is 4.76. The first kappa shape index (κ1) is 15.8. The minimum absolute atomic E-state index is 0.179. The zero-order valence-electron chi connectivity index (χ0n) is 14.0. The van der Waals surface area contributed by atoms with Crippen LogP contribution in [0.5, 0.6) is 0 Å². The second-order valence-corrected chi connectivity index (χ2v) is 6.35. The predicted octanol–water partition coefficient (Wildman–Crippen LogP) is 2.30. The van der Waals surface area contributed by atoms with Crippen LogP contribution in [-0.4, -0.2) is 45.3 Å². The van der Waals surface area contributed by atoms with Crippen LogP contribution in [0.2, 0.25) is 0 Å². The molecule has 1 amide bonds. The molecule has 3 heterocycles. The Hall–Kier alpha value is -2.73. The summed E-state index contributed by atoms with van der Waals surface area (Å²) in [6.07, 6.45) is 4.22. The highest BCUT2D eigenvalue weighted by atomic mass is 16.2. The molecule has 0 saturated carbocycles. The van der Waals surface area contributed by atoms with Gasteiger partial charge in [0.1, 0.15) is 0 Å². The van der Waals surface area contributed by atoms with Crippen molar-refractivity contribution in [1.82, 2.24) is 25.0 Å². The molecule has 1 saturated heterocycles. The number of carbonyl (C=O) groups is 1. The number of carbonyl (C=O) groups excluding carboxylic acids is 1. The Morgan fingerprint density at radius 2 is 1.84 bits per heavy atom. The lowest BCUT2D eigenvalue weighted by Gasteiger charge is -2.28. The van der Waals surface area contributed by atoms with Crippen molar-refractivity contribution in [3.63, 3.8) is 0 Å². The van der Waals surface area contributed by atoms with Gasteiger partial charge in [0.2, 0.25) is 0 Å². The third-order valence-corrected chi connectivity index (χ3v) is 4.76.